The number of carbonyl (C=O) groups excluding carboxylic acids is 1. The number of aromatic amines is 1. The normalized spacial score (nSPS) is 20.6. The maximum Gasteiger partial charge on any atom is 0.227 e. The van der Waals surface area contributed by atoms with Gasteiger partial charge < -0.3 is 14.8 Å². The Labute approximate surface area is 159 Å². The highest BCUT2D eigenvalue weighted by molar-refractivity contribution is 5.98. The molecule has 0 spiro atoms. The van der Waals surface area contributed by atoms with Gasteiger partial charge in [0.15, 0.2) is 0 Å². The van der Waals surface area contributed by atoms with E-state index in [9.17, 15) is 4.79 Å². The Morgan fingerprint density at radius 1 is 1.00 bits per heavy atom. The zero-order chi connectivity index (χ0) is 18.2. The monoisotopic (exact) mass is 360 g/mol. The summed E-state index contributed by atoms with van der Waals surface area (Å²) in [7, 11) is 0. The average Bonchev–Trinajstić information content (AvgIpc) is 3.34. The van der Waals surface area contributed by atoms with Gasteiger partial charge in [0.25, 0.3) is 0 Å². The molecular weight excluding hydrogens is 336 g/mol. The summed E-state index contributed by atoms with van der Waals surface area (Å²) in [5.41, 5.74) is 5.36. The third-order valence-electron chi connectivity index (χ3n) is 5.87. The number of H-pyrrole nitrogens is 1. The summed E-state index contributed by atoms with van der Waals surface area (Å²) < 4.78 is 0. The Balaban J connectivity index is 1.48. The van der Waals surface area contributed by atoms with Crippen molar-refractivity contribution in [1.82, 2.24) is 9.97 Å². The smallest absolute Gasteiger partial charge is 0.227 e. The lowest BCUT2D eigenvalue weighted by atomic mass is 10.0. The molecule has 27 heavy (non-hydrogen) atoms. The Hall–Kier alpha value is -2.82. The number of hydrogen-bond donors (Lipinski definition) is 1. The summed E-state index contributed by atoms with van der Waals surface area (Å²) in [6.07, 6.45) is 7.02. The average molecular weight is 360 g/mol. The van der Waals surface area contributed by atoms with E-state index in [1.54, 1.807) is 6.33 Å². The standard InChI is InChI=1S/C22H24N4O/c27-22-10-9-21(26(22)18-7-8-19-20(14-18)24-15-23-19)16-5-4-6-17(13-16)25-11-2-1-3-12-25/h4-8,13-15,21H,1-3,9-12H2,(H,23,24). The fraction of sp³-hybridized carbons (Fsp3) is 0.364. The lowest BCUT2D eigenvalue weighted by Crippen LogP contribution is -2.30. The molecule has 3 aromatic rings. The van der Waals surface area contributed by atoms with Gasteiger partial charge in [-0.1, -0.05) is 12.1 Å². The Morgan fingerprint density at radius 3 is 2.78 bits per heavy atom. The molecule has 1 unspecified atom stereocenters. The summed E-state index contributed by atoms with van der Waals surface area (Å²) in [5.74, 6) is 0.197. The molecule has 0 radical (unpaired) electrons. The predicted molar refractivity (Wildman–Crippen MR) is 108 cm³/mol. The van der Waals surface area contributed by atoms with Crippen LogP contribution < -0.4 is 9.80 Å². The van der Waals surface area contributed by atoms with Crippen molar-refractivity contribution >= 4 is 28.3 Å². The number of anilines is 2. The summed E-state index contributed by atoms with van der Waals surface area (Å²) in [6, 6.07) is 14.9. The van der Waals surface area contributed by atoms with Crippen molar-refractivity contribution in [2.45, 2.75) is 38.1 Å². The fourth-order valence-electron chi connectivity index (χ4n) is 4.48. The molecule has 2 fully saturated rings. The second-order valence-electron chi connectivity index (χ2n) is 7.56. The third kappa shape index (κ3) is 2.97. The SMILES string of the molecule is O=C1CCC(c2cccc(N3CCCCC3)c2)N1c1ccc2nc[nH]c2c1. The molecule has 2 aliphatic rings. The minimum Gasteiger partial charge on any atom is -0.372 e. The number of amides is 1. The van der Waals surface area contributed by atoms with Crippen LogP contribution in [0.2, 0.25) is 0 Å². The van der Waals surface area contributed by atoms with Crippen LogP contribution in [0.15, 0.2) is 48.8 Å². The highest BCUT2D eigenvalue weighted by Gasteiger charge is 2.33. The molecule has 138 valence electrons. The van der Waals surface area contributed by atoms with Gasteiger partial charge >= 0.3 is 0 Å². The molecule has 0 aliphatic carbocycles. The molecule has 5 rings (SSSR count). The van der Waals surface area contributed by atoms with E-state index in [-0.39, 0.29) is 11.9 Å². The molecule has 2 aliphatic heterocycles. The molecule has 1 aromatic heterocycles. The van der Waals surface area contributed by atoms with Crippen LogP contribution in [0.3, 0.4) is 0 Å². The van der Waals surface area contributed by atoms with Gasteiger partial charge in [-0.25, -0.2) is 4.98 Å². The van der Waals surface area contributed by atoms with E-state index in [1.165, 1.54) is 30.5 Å². The minimum atomic E-state index is 0.0996. The quantitative estimate of drug-likeness (QED) is 0.752. The van der Waals surface area contributed by atoms with Crippen LogP contribution in [-0.4, -0.2) is 29.0 Å². The molecule has 0 bridgehead atoms. The van der Waals surface area contributed by atoms with Gasteiger partial charge in [0.1, 0.15) is 0 Å². The molecule has 5 heteroatoms. The number of benzene rings is 2. The molecule has 2 saturated heterocycles. The van der Waals surface area contributed by atoms with Crippen molar-refractivity contribution in [3.05, 3.63) is 54.4 Å². The number of nitrogens with zero attached hydrogens (tertiary/aromatic N) is 3. The second-order valence-corrected chi connectivity index (χ2v) is 7.56. The molecule has 1 amide bonds. The van der Waals surface area contributed by atoms with Crippen LogP contribution in [-0.2, 0) is 4.79 Å². The van der Waals surface area contributed by atoms with Gasteiger partial charge in [0.2, 0.25) is 5.91 Å². The molecule has 3 heterocycles. The first-order valence-corrected chi connectivity index (χ1v) is 9.90. The zero-order valence-electron chi connectivity index (χ0n) is 15.4. The molecule has 1 N–H and O–H groups in total. The van der Waals surface area contributed by atoms with Gasteiger partial charge in [-0.2, -0.15) is 0 Å². The van der Waals surface area contributed by atoms with E-state index in [0.29, 0.717) is 6.42 Å². The van der Waals surface area contributed by atoms with Gasteiger partial charge in [-0.3, -0.25) is 4.79 Å². The van der Waals surface area contributed by atoms with E-state index in [0.717, 1.165) is 36.2 Å². The first kappa shape index (κ1) is 16.4. The van der Waals surface area contributed by atoms with Gasteiger partial charge in [0, 0.05) is 30.9 Å². The van der Waals surface area contributed by atoms with Crippen LogP contribution in [0, 0.1) is 0 Å². The Morgan fingerprint density at radius 2 is 1.89 bits per heavy atom. The second kappa shape index (κ2) is 6.72. The maximum absolute atomic E-state index is 12.7. The van der Waals surface area contributed by atoms with Gasteiger partial charge in [0.05, 0.1) is 23.4 Å². The molecular formula is C22H24N4O. The summed E-state index contributed by atoms with van der Waals surface area (Å²) in [5, 5.41) is 0. The third-order valence-corrected chi connectivity index (χ3v) is 5.87. The number of aromatic nitrogens is 2. The topological polar surface area (TPSA) is 52.2 Å². The van der Waals surface area contributed by atoms with E-state index in [2.05, 4.69) is 39.1 Å². The highest BCUT2D eigenvalue weighted by atomic mass is 16.2. The van der Waals surface area contributed by atoms with Crippen LogP contribution in [0.4, 0.5) is 11.4 Å². The van der Waals surface area contributed by atoms with Gasteiger partial charge in [-0.15, -0.1) is 0 Å². The van der Waals surface area contributed by atoms with Crippen molar-refractivity contribution in [3.63, 3.8) is 0 Å². The molecule has 1 atom stereocenters. The number of fused-ring (bicyclic) bond motifs is 1. The lowest BCUT2D eigenvalue weighted by Gasteiger charge is -2.30. The van der Waals surface area contributed by atoms with E-state index in [4.69, 9.17) is 0 Å². The largest absolute Gasteiger partial charge is 0.372 e. The summed E-state index contributed by atoms with van der Waals surface area (Å²) in [4.78, 5) is 24.6. The fourth-order valence-corrected chi connectivity index (χ4v) is 4.48. The number of rotatable bonds is 3. The highest BCUT2D eigenvalue weighted by Crippen LogP contribution is 2.38. The van der Waals surface area contributed by atoms with Gasteiger partial charge in [-0.05, 0) is 61.6 Å². The minimum absolute atomic E-state index is 0.0996. The van der Waals surface area contributed by atoms with E-state index < -0.39 is 0 Å². The number of hydrogen-bond acceptors (Lipinski definition) is 3. The van der Waals surface area contributed by atoms with E-state index in [1.807, 2.05) is 23.1 Å². The number of nitrogens with one attached hydrogen (secondary N) is 1. The Bertz CT molecular complexity index is 973. The molecule has 0 saturated carbocycles. The number of imidazole rings is 1. The zero-order valence-corrected chi connectivity index (χ0v) is 15.4. The van der Waals surface area contributed by atoms with Crippen LogP contribution >= 0.6 is 0 Å². The van der Waals surface area contributed by atoms with Crippen LogP contribution in [0.25, 0.3) is 11.0 Å². The van der Waals surface area contributed by atoms with E-state index >= 15 is 0 Å². The van der Waals surface area contributed by atoms with Crippen molar-refractivity contribution < 1.29 is 4.79 Å². The molecule has 5 nitrogen and oxygen atoms in total. The van der Waals surface area contributed by atoms with Crippen molar-refractivity contribution in [1.29, 1.82) is 0 Å². The Kier molecular flexibility index (Phi) is 4.07. The van der Waals surface area contributed by atoms with Crippen molar-refractivity contribution in [3.8, 4) is 0 Å². The van der Waals surface area contributed by atoms with Crippen molar-refractivity contribution in [2.24, 2.45) is 0 Å². The summed E-state index contributed by atoms with van der Waals surface area (Å²) in [6.45, 7) is 2.26. The van der Waals surface area contributed by atoms with Crippen LogP contribution in [0.1, 0.15) is 43.7 Å². The van der Waals surface area contributed by atoms with Crippen molar-refractivity contribution in [2.75, 3.05) is 22.9 Å². The summed E-state index contributed by atoms with van der Waals surface area (Å²) >= 11 is 0. The van der Waals surface area contributed by atoms with Crippen LogP contribution in [0.5, 0.6) is 0 Å². The number of piperidine rings is 1. The molecule has 2 aromatic carbocycles. The number of carbonyl (C=O) groups is 1. The first-order chi connectivity index (χ1) is 13.3. The first-order valence-electron chi connectivity index (χ1n) is 9.90. The predicted octanol–water partition coefficient (Wildman–Crippen LogP) is 4.42. The lowest BCUT2D eigenvalue weighted by molar-refractivity contribution is -0.117. The maximum atomic E-state index is 12.7.